The van der Waals surface area contributed by atoms with Gasteiger partial charge in [0, 0.05) is 5.69 Å². The summed E-state index contributed by atoms with van der Waals surface area (Å²) in [5.41, 5.74) is 6.00. The summed E-state index contributed by atoms with van der Waals surface area (Å²) in [5.74, 6) is -1.48. The summed E-state index contributed by atoms with van der Waals surface area (Å²) >= 11 is 0. The van der Waals surface area contributed by atoms with E-state index in [-0.39, 0.29) is 6.54 Å². The number of para-hydroxylation sites is 1. The summed E-state index contributed by atoms with van der Waals surface area (Å²) in [6.45, 7) is 1.14. The molecule has 0 unspecified atom stereocenters. The van der Waals surface area contributed by atoms with E-state index in [0.717, 1.165) is 4.90 Å². The van der Waals surface area contributed by atoms with Crippen molar-refractivity contribution in [1.29, 1.82) is 0 Å². The lowest BCUT2D eigenvalue weighted by Crippen LogP contribution is -2.44. The summed E-state index contributed by atoms with van der Waals surface area (Å²) in [4.78, 5) is 23.6. The maximum atomic E-state index is 11.7. The van der Waals surface area contributed by atoms with E-state index >= 15 is 0 Å². The molecule has 5 nitrogen and oxygen atoms in total. The Balaban J connectivity index is 2.96. The van der Waals surface area contributed by atoms with Crippen LogP contribution in [0.25, 0.3) is 0 Å². The highest BCUT2D eigenvalue weighted by atomic mass is 16.4. The molecule has 1 aromatic carbocycles. The Bertz CT molecular complexity index is 376. The third kappa shape index (κ3) is 3.06. The summed E-state index contributed by atoms with van der Waals surface area (Å²) in [6, 6.07) is 7.88. The molecule has 0 fully saturated rings. The first-order valence-electron chi connectivity index (χ1n) is 4.86. The van der Waals surface area contributed by atoms with Crippen molar-refractivity contribution in [3.05, 3.63) is 30.3 Å². The number of nitrogens with zero attached hydrogens (tertiary/aromatic N) is 1. The van der Waals surface area contributed by atoms with Gasteiger partial charge in [0.05, 0.1) is 6.04 Å². The molecule has 0 radical (unpaired) electrons. The molecule has 0 aliphatic rings. The zero-order chi connectivity index (χ0) is 12.1. The van der Waals surface area contributed by atoms with Gasteiger partial charge in [-0.25, -0.2) is 0 Å². The fraction of sp³-hybridized carbons (Fsp3) is 0.273. The Hall–Kier alpha value is -1.88. The van der Waals surface area contributed by atoms with E-state index in [9.17, 15) is 9.59 Å². The lowest BCUT2D eigenvalue weighted by atomic mass is 10.2. The van der Waals surface area contributed by atoms with Gasteiger partial charge in [-0.3, -0.25) is 14.5 Å². The van der Waals surface area contributed by atoms with E-state index in [4.69, 9.17) is 10.8 Å². The standard InChI is InChI=1S/C11H14N2O3/c1-8(12)11(16)13(7-10(14)15)9-5-3-2-4-6-9/h2-6,8H,7,12H2,1H3,(H,14,15)/t8-/m0/s1. The first-order chi connectivity index (χ1) is 7.52. The van der Waals surface area contributed by atoms with Crippen molar-refractivity contribution in [2.24, 2.45) is 5.73 Å². The highest BCUT2D eigenvalue weighted by Gasteiger charge is 2.21. The molecule has 0 aliphatic heterocycles. The number of aliphatic carboxylic acids is 1. The van der Waals surface area contributed by atoms with Gasteiger partial charge in [0.2, 0.25) is 5.91 Å². The Morgan fingerprint density at radius 3 is 2.38 bits per heavy atom. The van der Waals surface area contributed by atoms with Gasteiger partial charge in [0.15, 0.2) is 0 Å². The number of carboxylic acid groups (broad SMARTS) is 1. The van der Waals surface area contributed by atoms with Crippen LogP contribution < -0.4 is 10.6 Å². The molecule has 0 heterocycles. The predicted octanol–water partition coefficient (Wildman–Crippen LogP) is 0.451. The summed E-state index contributed by atoms with van der Waals surface area (Å²) in [5, 5.41) is 8.74. The number of anilines is 1. The van der Waals surface area contributed by atoms with E-state index in [0.29, 0.717) is 5.69 Å². The van der Waals surface area contributed by atoms with E-state index in [1.807, 2.05) is 0 Å². The van der Waals surface area contributed by atoms with Crippen molar-refractivity contribution in [2.45, 2.75) is 13.0 Å². The van der Waals surface area contributed by atoms with E-state index in [2.05, 4.69) is 0 Å². The molecule has 0 spiro atoms. The molecule has 0 bridgehead atoms. The van der Waals surface area contributed by atoms with E-state index < -0.39 is 17.9 Å². The average molecular weight is 222 g/mol. The largest absolute Gasteiger partial charge is 0.480 e. The smallest absolute Gasteiger partial charge is 0.323 e. The zero-order valence-electron chi connectivity index (χ0n) is 8.96. The maximum absolute atomic E-state index is 11.7. The Morgan fingerprint density at radius 1 is 1.38 bits per heavy atom. The van der Waals surface area contributed by atoms with Crippen LogP contribution in [0.3, 0.4) is 0 Å². The number of nitrogens with two attached hydrogens (primary N) is 1. The molecule has 0 saturated heterocycles. The maximum Gasteiger partial charge on any atom is 0.323 e. The number of benzene rings is 1. The highest BCUT2D eigenvalue weighted by molar-refractivity contribution is 6.00. The normalized spacial score (nSPS) is 11.9. The van der Waals surface area contributed by atoms with Crippen LogP contribution in [0.1, 0.15) is 6.92 Å². The summed E-state index contributed by atoms with van der Waals surface area (Å²) in [7, 11) is 0. The zero-order valence-corrected chi connectivity index (χ0v) is 8.96. The van der Waals surface area contributed by atoms with E-state index in [1.54, 1.807) is 30.3 Å². The van der Waals surface area contributed by atoms with Crippen molar-refractivity contribution in [3.63, 3.8) is 0 Å². The molecular weight excluding hydrogens is 208 g/mol. The Kier molecular flexibility index (Phi) is 4.02. The predicted molar refractivity (Wildman–Crippen MR) is 60.1 cm³/mol. The number of hydrogen-bond donors (Lipinski definition) is 2. The van der Waals surface area contributed by atoms with Crippen molar-refractivity contribution >= 4 is 17.6 Å². The lowest BCUT2D eigenvalue weighted by molar-refractivity contribution is -0.136. The quantitative estimate of drug-likeness (QED) is 0.774. The van der Waals surface area contributed by atoms with Crippen LogP contribution in [0, 0.1) is 0 Å². The third-order valence-corrected chi connectivity index (χ3v) is 2.02. The second-order valence-corrected chi connectivity index (χ2v) is 3.44. The first kappa shape index (κ1) is 12.2. The van der Waals surface area contributed by atoms with Crippen molar-refractivity contribution in [2.75, 3.05) is 11.4 Å². The molecule has 1 aromatic rings. The van der Waals surface area contributed by atoms with Gasteiger partial charge >= 0.3 is 5.97 Å². The second-order valence-electron chi connectivity index (χ2n) is 3.44. The number of rotatable bonds is 4. The number of hydrogen-bond acceptors (Lipinski definition) is 3. The first-order valence-corrected chi connectivity index (χ1v) is 4.86. The molecule has 3 N–H and O–H groups in total. The highest BCUT2D eigenvalue weighted by Crippen LogP contribution is 2.13. The van der Waals surface area contributed by atoms with Crippen LogP contribution >= 0.6 is 0 Å². The molecule has 1 rings (SSSR count). The molecule has 1 amide bonds. The summed E-state index contributed by atoms with van der Waals surface area (Å²) < 4.78 is 0. The molecule has 5 heteroatoms. The van der Waals surface area contributed by atoms with Crippen molar-refractivity contribution in [1.82, 2.24) is 0 Å². The van der Waals surface area contributed by atoms with Gasteiger partial charge in [0.25, 0.3) is 0 Å². The number of carbonyl (C=O) groups excluding carboxylic acids is 1. The SMILES string of the molecule is C[C@H](N)C(=O)N(CC(=O)O)c1ccccc1. The van der Waals surface area contributed by atoms with Gasteiger partial charge in [0.1, 0.15) is 6.54 Å². The molecule has 86 valence electrons. The topological polar surface area (TPSA) is 83.6 Å². The van der Waals surface area contributed by atoms with E-state index in [1.165, 1.54) is 6.92 Å². The van der Waals surface area contributed by atoms with Crippen LogP contribution in [-0.4, -0.2) is 29.6 Å². The van der Waals surface area contributed by atoms with Crippen LogP contribution in [0.2, 0.25) is 0 Å². The minimum Gasteiger partial charge on any atom is -0.480 e. The number of carboxylic acids is 1. The Labute approximate surface area is 93.5 Å². The lowest BCUT2D eigenvalue weighted by Gasteiger charge is -2.22. The summed E-state index contributed by atoms with van der Waals surface area (Å²) in [6.07, 6.45) is 0. The van der Waals surface area contributed by atoms with Crippen molar-refractivity contribution in [3.8, 4) is 0 Å². The minimum absolute atomic E-state index is 0.385. The Morgan fingerprint density at radius 2 is 1.94 bits per heavy atom. The number of carbonyl (C=O) groups is 2. The fourth-order valence-electron chi connectivity index (χ4n) is 1.29. The average Bonchev–Trinajstić information content (AvgIpc) is 2.26. The molecule has 0 saturated carbocycles. The van der Waals surface area contributed by atoms with Gasteiger partial charge in [-0.1, -0.05) is 18.2 Å². The van der Waals surface area contributed by atoms with Gasteiger partial charge in [-0.15, -0.1) is 0 Å². The van der Waals surface area contributed by atoms with Crippen LogP contribution in [0.4, 0.5) is 5.69 Å². The second kappa shape index (κ2) is 5.27. The van der Waals surface area contributed by atoms with Gasteiger partial charge < -0.3 is 10.8 Å². The molecule has 16 heavy (non-hydrogen) atoms. The van der Waals surface area contributed by atoms with Crippen LogP contribution in [-0.2, 0) is 9.59 Å². The third-order valence-electron chi connectivity index (χ3n) is 2.02. The molecule has 1 atom stereocenters. The van der Waals surface area contributed by atoms with Crippen molar-refractivity contribution < 1.29 is 14.7 Å². The van der Waals surface area contributed by atoms with Crippen LogP contribution in [0.15, 0.2) is 30.3 Å². The number of amides is 1. The monoisotopic (exact) mass is 222 g/mol. The van der Waals surface area contributed by atoms with Gasteiger partial charge in [-0.05, 0) is 19.1 Å². The fourth-order valence-corrected chi connectivity index (χ4v) is 1.29. The molecular formula is C11H14N2O3. The molecule has 0 aliphatic carbocycles. The molecule has 0 aromatic heterocycles. The van der Waals surface area contributed by atoms with Crippen LogP contribution in [0.5, 0.6) is 0 Å². The minimum atomic E-state index is -1.07. The van der Waals surface area contributed by atoms with Gasteiger partial charge in [-0.2, -0.15) is 0 Å².